The van der Waals surface area contributed by atoms with Crippen molar-refractivity contribution in [2.75, 3.05) is 5.32 Å². The lowest BCUT2D eigenvalue weighted by Crippen LogP contribution is -2.00. The normalized spacial score (nSPS) is 13.8. The Kier molecular flexibility index (Phi) is 3.36. The zero-order chi connectivity index (χ0) is 14.1. The average molecular weight is 333 g/mol. The third-order valence-corrected chi connectivity index (χ3v) is 3.42. The number of benzene rings is 1. The molecule has 0 atom stereocenters. The Bertz CT molecular complexity index is 707. The van der Waals surface area contributed by atoms with Crippen molar-refractivity contribution in [1.82, 2.24) is 9.97 Å². The summed E-state index contributed by atoms with van der Waals surface area (Å²) in [6, 6.07) is 7.86. The van der Waals surface area contributed by atoms with E-state index in [0.717, 1.165) is 18.7 Å². The summed E-state index contributed by atoms with van der Waals surface area (Å²) in [6.45, 7) is 0. The van der Waals surface area contributed by atoms with E-state index in [4.69, 9.17) is 5.26 Å². The van der Waals surface area contributed by atoms with E-state index < -0.39 is 5.82 Å². The minimum absolute atomic E-state index is 0.00513. The second kappa shape index (κ2) is 5.17. The van der Waals surface area contributed by atoms with Crippen LogP contribution in [0.15, 0.2) is 28.9 Å². The van der Waals surface area contributed by atoms with Gasteiger partial charge in [-0.15, -0.1) is 0 Å². The number of rotatable bonds is 3. The first kappa shape index (κ1) is 13.0. The minimum atomic E-state index is -0.527. The first-order valence-corrected chi connectivity index (χ1v) is 6.96. The van der Waals surface area contributed by atoms with Crippen molar-refractivity contribution < 1.29 is 4.39 Å². The van der Waals surface area contributed by atoms with Gasteiger partial charge in [-0.3, -0.25) is 0 Å². The molecule has 20 heavy (non-hydrogen) atoms. The Balaban J connectivity index is 1.89. The summed E-state index contributed by atoms with van der Waals surface area (Å²) in [5.41, 5.74) is 0.626. The van der Waals surface area contributed by atoms with Crippen molar-refractivity contribution in [1.29, 1.82) is 5.26 Å². The van der Waals surface area contributed by atoms with E-state index in [9.17, 15) is 4.39 Å². The SMILES string of the molecule is N#Cc1cc(Nc2cc(Br)nc(C3CC3)n2)ccc1F. The molecule has 1 N–H and O–H groups in total. The smallest absolute Gasteiger partial charge is 0.141 e. The highest BCUT2D eigenvalue weighted by Crippen LogP contribution is 2.39. The van der Waals surface area contributed by atoms with Crippen LogP contribution in [0, 0.1) is 17.1 Å². The molecule has 0 bridgehead atoms. The van der Waals surface area contributed by atoms with Crippen molar-refractivity contribution in [3.8, 4) is 6.07 Å². The highest BCUT2D eigenvalue weighted by Gasteiger charge is 2.27. The zero-order valence-electron chi connectivity index (χ0n) is 10.4. The standard InChI is InChI=1S/C14H10BrFN4/c15-12-6-13(20-14(19-12)8-1-2-8)18-10-3-4-11(16)9(5-10)7-17/h3-6,8H,1-2H2,(H,18,19,20). The summed E-state index contributed by atoms with van der Waals surface area (Å²) in [4.78, 5) is 8.78. The number of hydrogen-bond donors (Lipinski definition) is 1. The van der Waals surface area contributed by atoms with Crippen LogP contribution in [0.2, 0.25) is 0 Å². The molecule has 1 aliphatic rings. The molecule has 1 heterocycles. The summed E-state index contributed by atoms with van der Waals surface area (Å²) in [5, 5.41) is 11.9. The number of nitrogens with one attached hydrogen (secondary N) is 1. The van der Waals surface area contributed by atoms with Gasteiger partial charge in [0, 0.05) is 17.7 Å². The lowest BCUT2D eigenvalue weighted by Gasteiger charge is -2.08. The Morgan fingerprint density at radius 3 is 2.80 bits per heavy atom. The second-order valence-corrected chi connectivity index (χ2v) is 5.45. The van der Waals surface area contributed by atoms with Gasteiger partial charge in [0.1, 0.15) is 28.1 Å². The van der Waals surface area contributed by atoms with E-state index >= 15 is 0 Å². The lowest BCUT2D eigenvalue weighted by atomic mass is 10.2. The maximum Gasteiger partial charge on any atom is 0.141 e. The Morgan fingerprint density at radius 2 is 2.10 bits per heavy atom. The van der Waals surface area contributed by atoms with Gasteiger partial charge < -0.3 is 5.32 Å². The quantitative estimate of drug-likeness (QED) is 0.866. The van der Waals surface area contributed by atoms with Gasteiger partial charge in [-0.05, 0) is 47.0 Å². The van der Waals surface area contributed by atoms with Gasteiger partial charge in [0.15, 0.2) is 0 Å². The van der Waals surface area contributed by atoms with Gasteiger partial charge in [-0.25, -0.2) is 14.4 Å². The van der Waals surface area contributed by atoms with Crippen LogP contribution < -0.4 is 5.32 Å². The van der Waals surface area contributed by atoms with E-state index in [1.54, 1.807) is 12.1 Å². The van der Waals surface area contributed by atoms with Crippen LogP contribution in [-0.2, 0) is 0 Å². The van der Waals surface area contributed by atoms with Crippen molar-refractivity contribution in [3.05, 3.63) is 46.1 Å². The van der Waals surface area contributed by atoms with Crippen LogP contribution in [0.3, 0.4) is 0 Å². The summed E-state index contributed by atoms with van der Waals surface area (Å²) in [5.74, 6) is 1.35. The molecule has 1 aromatic heterocycles. The second-order valence-electron chi connectivity index (χ2n) is 4.64. The monoisotopic (exact) mass is 332 g/mol. The topological polar surface area (TPSA) is 61.6 Å². The molecule has 0 radical (unpaired) electrons. The van der Waals surface area contributed by atoms with Gasteiger partial charge in [0.25, 0.3) is 0 Å². The maximum absolute atomic E-state index is 13.3. The summed E-state index contributed by atoms with van der Waals surface area (Å²) in [7, 11) is 0. The van der Waals surface area contributed by atoms with E-state index in [1.165, 1.54) is 12.1 Å². The van der Waals surface area contributed by atoms with Crippen LogP contribution in [0.4, 0.5) is 15.9 Å². The van der Waals surface area contributed by atoms with Crippen molar-refractivity contribution in [2.24, 2.45) is 0 Å². The number of anilines is 2. The number of aromatic nitrogens is 2. The fraction of sp³-hybridized carbons (Fsp3) is 0.214. The fourth-order valence-corrected chi connectivity index (χ4v) is 2.26. The van der Waals surface area contributed by atoms with Crippen molar-refractivity contribution in [3.63, 3.8) is 0 Å². The van der Waals surface area contributed by atoms with Crippen LogP contribution in [0.5, 0.6) is 0 Å². The molecule has 0 amide bonds. The third kappa shape index (κ3) is 2.78. The summed E-state index contributed by atoms with van der Waals surface area (Å²) < 4.78 is 14.0. The molecule has 1 fully saturated rings. The molecular weight excluding hydrogens is 323 g/mol. The average Bonchev–Trinajstić information content (AvgIpc) is 3.25. The lowest BCUT2D eigenvalue weighted by molar-refractivity contribution is 0.624. The van der Waals surface area contributed by atoms with E-state index in [2.05, 4.69) is 31.2 Å². The molecule has 0 aliphatic heterocycles. The highest BCUT2D eigenvalue weighted by atomic mass is 79.9. The molecule has 2 aromatic rings. The molecular formula is C14H10BrFN4. The van der Waals surface area contributed by atoms with Gasteiger partial charge in [-0.1, -0.05) is 0 Å². The first-order chi connectivity index (χ1) is 9.65. The van der Waals surface area contributed by atoms with Crippen molar-refractivity contribution >= 4 is 27.4 Å². The predicted octanol–water partition coefficient (Wildman–Crippen LogP) is 3.87. The molecule has 0 spiro atoms. The number of hydrogen-bond acceptors (Lipinski definition) is 4. The maximum atomic E-state index is 13.3. The molecule has 0 saturated heterocycles. The molecule has 4 nitrogen and oxygen atoms in total. The molecule has 100 valence electrons. The predicted molar refractivity (Wildman–Crippen MR) is 76.1 cm³/mol. The van der Waals surface area contributed by atoms with Crippen LogP contribution in [0.1, 0.15) is 30.1 Å². The van der Waals surface area contributed by atoms with E-state index in [-0.39, 0.29) is 5.56 Å². The first-order valence-electron chi connectivity index (χ1n) is 6.17. The van der Waals surface area contributed by atoms with Gasteiger partial charge in [0.2, 0.25) is 0 Å². The van der Waals surface area contributed by atoms with Crippen molar-refractivity contribution in [2.45, 2.75) is 18.8 Å². The number of nitrogens with zero attached hydrogens (tertiary/aromatic N) is 3. The summed E-state index contributed by atoms with van der Waals surface area (Å²) in [6.07, 6.45) is 2.23. The highest BCUT2D eigenvalue weighted by molar-refractivity contribution is 9.10. The van der Waals surface area contributed by atoms with Crippen LogP contribution in [-0.4, -0.2) is 9.97 Å². The Labute approximate surface area is 123 Å². The van der Waals surface area contributed by atoms with E-state index in [1.807, 2.05) is 6.07 Å². The zero-order valence-corrected chi connectivity index (χ0v) is 12.0. The van der Waals surface area contributed by atoms with Crippen LogP contribution in [0.25, 0.3) is 0 Å². The molecule has 1 aromatic carbocycles. The van der Waals surface area contributed by atoms with Gasteiger partial charge >= 0.3 is 0 Å². The fourth-order valence-electron chi connectivity index (χ4n) is 1.86. The van der Waals surface area contributed by atoms with Crippen LogP contribution >= 0.6 is 15.9 Å². The number of nitriles is 1. The molecule has 0 unspecified atom stereocenters. The molecule has 6 heteroatoms. The largest absolute Gasteiger partial charge is 0.340 e. The molecule has 1 aliphatic carbocycles. The molecule has 3 rings (SSSR count). The van der Waals surface area contributed by atoms with Gasteiger partial charge in [-0.2, -0.15) is 5.26 Å². The molecule has 1 saturated carbocycles. The van der Waals surface area contributed by atoms with E-state index in [0.29, 0.717) is 22.0 Å². The third-order valence-electron chi connectivity index (χ3n) is 3.01. The minimum Gasteiger partial charge on any atom is -0.340 e. The van der Waals surface area contributed by atoms with Gasteiger partial charge in [0.05, 0.1) is 5.56 Å². The Morgan fingerprint density at radius 1 is 1.30 bits per heavy atom. The Hall–Kier alpha value is -2.00. The number of halogens is 2. The summed E-state index contributed by atoms with van der Waals surface area (Å²) >= 11 is 3.36.